The van der Waals surface area contributed by atoms with Gasteiger partial charge < -0.3 is 9.88 Å². The lowest BCUT2D eigenvalue weighted by molar-refractivity contribution is 0.331. The lowest BCUT2D eigenvalue weighted by Crippen LogP contribution is -2.30. The molecule has 3 heteroatoms. The highest BCUT2D eigenvalue weighted by Crippen LogP contribution is 2.31. The maximum atomic E-state index is 4.79. The van der Waals surface area contributed by atoms with Gasteiger partial charge >= 0.3 is 0 Å². The first-order valence-corrected chi connectivity index (χ1v) is 6.53. The van der Waals surface area contributed by atoms with Crippen molar-refractivity contribution in [3.8, 4) is 0 Å². The highest BCUT2D eigenvalue weighted by atomic mass is 15.2. The predicted molar refractivity (Wildman–Crippen MR) is 64.3 cm³/mol. The van der Waals surface area contributed by atoms with Gasteiger partial charge in [0.1, 0.15) is 5.82 Å². The SMILES string of the molecule is CC(C)C1CCc2nc3n(c2C1)CCNC3. The van der Waals surface area contributed by atoms with E-state index >= 15 is 0 Å². The monoisotopic (exact) mass is 219 g/mol. The van der Waals surface area contributed by atoms with E-state index in [2.05, 4.69) is 23.7 Å². The van der Waals surface area contributed by atoms with Crippen LogP contribution in [-0.4, -0.2) is 16.1 Å². The first-order valence-electron chi connectivity index (χ1n) is 6.53. The highest BCUT2D eigenvalue weighted by Gasteiger charge is 2.27. The number of nitrogens with one attached hydrogen (secondary N) is 1. The second-order valence-corrected chi connectivity index (χ2v) is 5.50. The van der Waals surface area contributed by atoms with Gasteiger partial charge in [-0.1, -0.05) is 13.8 Å². The summed E-state index contributed by atoms with van der Waals surface area (Å²) in [4.78, 5) is 4.79. The van der Waals surface area contributed by atoms with Gasteiger partial charge in [-0.25, -0.2) is 4.98 Å². The van der Waals surface area contributed by atoms with Gasteiger partial charge in [-0.05, 0) is 31.1 Å². The topological polar surface area (TPSA) is 29.9 Å². The van der Waals surface area contributed by atoms with Crippen molar-refractivity contribution in [2.45, 2.75) is 46.2 Å². The van der Waals surface area contributed by atoms with Gasteiger partial charge in [-0.2, -0.15) is 0 Å². The molecule has 0 bridgehead atoms. The van der Waals surface area contributed by atoms with Crippen LogP contribution in [0, 0.1) is 11.8 Å². The Morgan fingerprint density at radius 3 is 3.12 bits per heavy atom. The fourth-order valence-electron chi connectivity index (χ4n) is 3.05. The zero-order valence-electron chi connectivity index (χ0n) is 10.3. The molecule has 1 N–H and O–H groups in total. The van der Waals surface area contributed by atoms with E-state index in [0.29, 0.717) is 0 Å². The minimum atomic E-state index is 0.806. The molecular formula is C13H21N3. The van der Waals surface area contributed by atoms with Crippen molar-refractivity contribution in [3.05, 3.63) is 17.2 Å². The molecule has 0 saturated carbocycles. The Bertz CT molecular complexity index is 392. The van der Waals surface area contributed by atoms with Crippen LogP contribution in [0.15, 0.2) is 0 Å². The van der Waals surface area contributed by atoms with E-state index in [1.54, 1.807) is 5.69 Å². The molecular weight excluding hydrogens is 198 g/mol. The molecule has 88 valence electrons. The molecule has 1 aliphatic heterocycles. The highest BCUT2D eigenvalue weighted by molar-refractivity contribution is 5.22. The van der Waals surface area contributed by atoms with Crippen molar-refractivity contribution < 1.29 is 0 Å². The molecule has 0 fully saturated rings. The predicted octanol–water partition coefficient (Wildman–Crippen LogP) is 1.75. The van der Waals surface area contributed by atoms with Gasteiger partial charge in [-0.3, -0.25) is 0 Å². The summed E-state index contributed by atoms with van der Waals surface area (Å²) in [5.41, 5.74) is 2.93. The largest absolute Gasteiger partial charge is 0.329 e. The third kappa shape index (κ3) is 1.58. The molecule has 3 rings (SSSR count). The third-order valence-electron chi connectivity index (χ3n) is 4.18. The summed E-state index contributed by atoms with van der Waals surface area (Å²) < 4.78 is 2.47. The first kappa shape index (κ1) is 10.3. The van der Waals surface area contributed by atoms with Crippen molar-refractivity contribution in [3.63, 3.8) is 0 Å². The number of nitrogens with zero attached hydrogens (tertiary/aromatic N) is 2. The van der Waals surface area contributed by atoms with Crippen LogP contribution in [0.3, 0.4) is 0 Å². The Kier molecular flexibility index (Phi) is 2.51. The van der Waals surface area contributed by atoms with Gasteiger partial charge in [0.2, 0.25) is 0 Å². The molecule has 0 aromatic carbocycles. The Balaban J connectivity index is 1.93. The zero-order chi connectivity index (χ0) is 11.1. The molecule has 2 aliphatic rings. The quantitative estimate of drug-likeness (QED) is 0.780. The second-order valence-electron chi connectivity index (χ2n) is 5.50. The number of hydrogen-bond acceptors (Lipinski definition) is 2. The van der Waals surface area contributed by atoms with Crippen LogP contribution in [0.4, 0.5) is 0 Å². The summed E-state index contributed by atoms with van der Waals surface area (Å²) in [6.07, 6.45) is 3.77. The summed E-state index contributed by atoms with van der Waals surface area (Å²) in [5.74, 6) is 2.94. The Labute approximate surface area is 97.3 Å². The number of aryl methyl sites for hydroxylation is 1. The minimum Gasteiger partial charge on any atom is -0.329 e. The van der Waals surface area contributed by atoms with E-state index in [1.165, 1.54) is 30.8 Å². The van der Waals surface area contributed by atoms with Gasteiger partial charge in [-0.15, -0.1) is 0 Å². The molecule has 1 aromatic rings. The van der Waals surface area contributed by atoms with Crippen LogP contribution in [-0.2, 0) is 25.9 Å². The molecule has 16 heavy (non-hydrogen) atoms. The fraction of sp³-hybridized carbons (Fsp3) is 0.769. The van der Waals surface area contributed by atoms with E-state index in [4.69, 9.17) is 4.98 Å². The van der Waals surface area contributed by atoms with E-state index in [1.807, 2.05) is 0 Å². The van der Waals surface area contributed by atoms with Crippen molar-refractivity contribution in [1.82, 2.24) is 14.9 Å². The Morgan fingerprint density at radius 1 is 1.44 bits per heavy atom. The van der Waals surface area contributed by atoms with E-state index in [-0.39, 0.29) is 0 Å². The van der Waals surface area contributed by atoms with E-state index in [0.717, 1.165) is 31.5 Å². The van der Waals surface area contributed by atoms with Gasteiger partial charge in [0, 0.05) is 18.8 Å². The number of rotatable bonds is 1. The molecule has 3 nitrogen and oxygen atoms in total. The molecule has 0 spiro atoms. The molecule has 1 unspecified atom stereocenters. The summed E-state index contributed by atoms with van der Waals surface area (Å²) in [5, 5.41) is 3.40. The van der Waals surface area contributed by atoms with Gasteiger partial charge in [0.05, 0.1) is 12.2 Å². The van der Waals surface area contributed by atoms with Crippen LogP contribution in [0.25, 0.3) is 0 Å². The van der Waals surface area contributed by atoms with E-state index < -0.39 is 0 Å². The summed E-state index contributed by atoms with van der Waals surface area (Å²) >= 11 is 0. The summed E-state index contributed by atoms with van der Waals surface area (Å²) in [7, 11) is 0. The minimum absolute atomic E-state index is 0.806. The summed E-state index contributed by atoms with van der Waals surface area (Å²) in [6, 6.07) is 0. The van der Waals surface area contributed by atoms with Crippen LogP contribution in [0.2, 0.25) is 0 Å². The Morgan fingerprint density at radius 2 is 2.31 bits per heavy atom. The summed E-state index contributed by atoms with van der Waals surface area (Å²) in [6.45, 7) is 7.87. The Hall–Kier alpha value is -0.830. The van der Waals surface area contributed by atoms with E-state index in [9.17, 15) is 0 Å². The third-order valence-corrected chi connectivity index (χ3v) is 4.18. The zero-order valence-corrected chi connectivity index (χ0v) is 10.3. The maximum Gasteiger partial charge on any atom is 0.123 e. The number of imidazole rings is 1. The lowest BCUT2D eigenvalue weighted by atomic mass is 9.82. The normalized spacial score (nSPS) is 24.3. The van der Waals surface area contributed by atoms with Crippen molar-refractivity contribution in [2.24, 2.45) is 11.8 Å². The second kappa shape index (κ2) is 3.88. The molecule has 1 aromatic heterocycles. The fourth-order valence-corrected chi connectivity index (χ4v) is 3.05. The van der Waals surface area contributed by atoms with Crippen molar-refractivity contribution in [2.75, 3.05) is 6.54 Å². The number of fused-ring (bicyclic) bond motifs is 3. The molecule has 0 amide bonds. The smallest absolute Gasteiger partial charge is 0.123 e. The van der Waals surface area contributed by atoms with Crippen molar-refractivity contribution >= 4 is 0 Å². The van der Waals surface area contributed by atoms with Gasteiger partial charge in [0.25, 0.3) is 0 Å². The maximum absolute atomic E-state index is 4.79. The molecule has 1 aliphatic carbocycles. The van der Waals surface area contributed by atoms with Crippen LogP contribution in [0.1, 0.15) is 37.5 Å². The van der Waals surface area contributed by atoms with Crippen LogP contribution in [0.5, 0.6) is 0 Å². The van der Waals surface area contributed by atoms with Gasteiger partial charge in [0.15, 0.2) is 0 Å². The average molecular weight is 219 g/mol. The first-order chi connectivity index (χ1) is 7.75. The lowest BCUT2D eigenvalue weighted by Gasteiger charge is -2.27. The molecule has 1 atom stereocenters. The molecule has 2 heterocycles. The molecule has 0 radical (unpaired) electrons. The van der Waals surface area contributed by atoms with Crippen molar-refractivity contribution in [1.29, 1.82) is 0 Å². The number of hydrogen-bond donors (Lipinski definition) is 1. The van der Waals surface area contributed by atoms with Crippen LogP contribution >= 0.6 is 0 Å². The van der Waals surface area contributed by atoms with Crippen LogP contribution < -0.4 is 5.32 Å². The average Bonchev–Trinajstić information content (AvgIpc) is 2.66. The molecule has 0 saturated heterocycles. The standard InChI is InChI=1S/C13H21N3/c1-9(2)10-3-4-11-12(7-10)16-6-5-14-8-13(16)15-11/h9-10,14H,3-8H2,1-2H3. The number of aromatic nitrogens is 2.